The zero-order valence-corrected chi connectivity index (χ0v) is 8.32. The van der Waals surface area contributed by atoms with Gasteiger partial charge >= 0.3 is 6.01 Å². The summed E-state index contributed by atoms with van der Waals surface area (Å²) in [6.07, 6.45) is 2.02. The lowest BCUT2D eigenvalue weighted by Gasteiger charge is -2.00. The van der Waals surface area contributed by atoms with Gasteiger partial charge in [-0.2, -0.15) is 0 Å². The molecule has 0 spiro atoms. The molecule has 0 aromatic carbocycles. The Hall–Kier alpha value is -1.14. The van der Waals surface area contributed by atoms with Crippen LogP contribution < -0.4 is 11.1 Å². The van der Waals surface area contributed by atoms with Gasteiger partial charge in [0.2, 0.25) is 5.89 Å². The van der Waals surface area contributed by atoms with E-state index in [-0.39, 0.29) is 6.54 Å². The van der Waals surface area contributed by atoms with Crippen molar-refractivity contribution in [3.63, 3.8) is 0 Å². The van der Waals surface area contributed by atoms with Crippen molar-refractivity contribution in [3.05, 3.63) is 5.89 Å². The molecule has 0 radical (unpaired) electrons. The van der Waals surface area contributed by atoms with Crippen LogP contribution in [-0.2, 0) is 11.3 Å². The van der Waals surface area contributed by atoms with E-state index in [0.29, 0.717) is 11.9 Å². The summed E-state index contributed by atoms with van der Waals surface area (Å²) in [5, 5.41) is 10.5. The van der Waals surface area contributed by atoms with Crippen LogP contribution in [0.4, 0.5) is 6.01 Å². The molecular formula is C8H16N4O2. The lowest BCUT2D eigenvalue weighted by atomic mass is 10.3. The number of methoxy groups -OCH3 is 1. The van der Waals surface area contributed by atoms with E-state index >= 15 is 0 Å². The molecule has 0 unspecified atom stereocenters. The third kappa shape index (κ3) is 3.71. The summed E-state index contributed by atoms with van der Waals surface area (Å²) in [5.41, 5.74) is 5.32. The number of rotatable bonds is 7. The van der Waals surface area contributed by atoms with Gasteiger partial charge in [-0.3, -0.25) is 0 Å². The van der Waals surface area contributed by atoms with Crippen LogP contribution in [0.2, 0.25) is 0 Å². The monoisotopic (exact) mass is 200 g/mol. The molecule has 1 rings (SSSR count). The number of aromatic nitrogens is 2. The van der Waals surface area contributed by atoms with Crippen molar-refractivity contribution < 1.29 is 9.15 Å². The van der Waals surface area contributed by atoms with Crippen LogP contribution in [0.3, 0.4) is 0 Å². The second-order valence-corrected chi connectivity index (χ2v) is 2.83. The van der Waals surface area contributed by atoms with Crippen molar-refractivity contribution in [2.24, 2.45) is 5.73 Å². The van der Waals surface area contributed by atoms with Crippen LogP contribution in [0, 0.1) is 0 Å². The second-order valence-electron chi connectivity index (χ2n) is 2.83. The number of anilines is 1. The third-order valence-corrected chi connectivity index (χ3v) is 1.69. The highest BCUT2D eigenvalue weighted by atomic mass is 16.5. The van der Waals surface area contributed by atoms with Crippen molar-refractivity contribution in [2.45, 2.75) is 19.4 Å². The quantitative estimate of drug-likeness (QED) is 0.618. The molecule has 0 aliphatic carbocycles. The van der Waals surface area contributed by atoms with Gasteiger partial charge in [0.15, 0.2) is 0 Å². The molecule has 0 aliphatic rings. The fourth-order valence-corrected chi connectivity index (χ4v) is 0.974. The summed E-state index contributed by atoms with van der Waals surface area (Å²) in [5.74, 6) is 0.449. The molecular weight excluding hydrogens is 184 g/mol. The van der Waals surface area contributed by atoms with Crippen LogP contribution in [0.1, 0.15) is 18.7 Å². The zero-order valence-electron chi connectivity index (χ0n) is 8.32. The molecule has 0 atom stereocenters. The molecule has 3 N–H and O–H groups in total. The summed E-state index contributed by atoms with van der Waals surface area (Å²) in [7, 11) is 1.69. The van der Waals surface area contributed by atoms with Crippen LogP contribution in [0.25, 0.3) is 0 Å². The summed E-state index contributed by atoms with van der Waals surface area (Å²) >= 11 is 0. The maximum absolute atomic E-state index is 5.32. The molecule has 0 aliphatic heterocycles. The topological polar surface area (TPSA) is 86.2 Å². The summed E-state index contributed by atoms with van der Waals surface area (Å²) < 4.78 is 10.1. The van der Waals surface area contributed by atoms with Gasteiger partial charge in [-0.15, -0.1) is 5.10 Å². The van der Waals surface area contributed by atoms with E-state index in [1.165, 1.54) is 0 Å². The normalized spacial score (nSPS) is 10.4. The van der Waals surface area contributed by atoms with Gasteiger partial charge in [0.05, 0.1) is 6.54 Å². The molecule has 6 heteroatoms. The molecule has 0 saturated heterocycles. The molecule has 0 bridgehead atoms. The van der Waals surface area contributed by atoms with E-state index in [9.17, 15) is 0 Å². The van der Waals surface area contributed by atoms with Crippen LogP contribution in [-0.4, -0.2) is 30.5 Å². The Morgan fingerprint density at radius 2 is 2.29 bits per heavy atom. The lowest BCUT2D eigenvalue weighted by Crippen LogP contribution is -2.03. The van der Waals surface area contributed by atoms with Crippen molar-refractivity contribution >= 4 is 6.01 Å². The minimum atomic E-state index is 0.276. The number of ether oxygens (including phenoxy) is 1. The molecule has 1 heterocycles. The summed E-state index contributed by atoms with van der Waals surface area (Å²) in [6.45, 7) is 1.85. The largest absolute Gasteiger partial charge is 0.407 e. The van der Waals surface area contributed by atoms with E-state index in [4.69, 9.17) is 14.9 Å². The number of nitrogens with zero attached hydrogens (tertiary/aromatic N) is 2. The Balaban J connectivity index is 2.12. The fraction of sp³-hybridized carbons (Fsp3) is 0.750. The average molecular weight is 200 g/mol. The van der Waals surface area contributed by atoms with Gasteiger partial charge in [-0.1, -0.05) is 5.10 Å². The Morgan fingerprint density at radius 3 is 2.93 bits per heavy atom. The molecule has 0 amide bonds. The molecule has 14 heavy (non-hydrogen) atoms. The minimum Gasteiger partial charge on any atom is -0.407 e. The smallest absolute Gasteiger partial charge is 0.315 e. The maximum Gasteiger partial charge on any atom is 0.315 e. The van der Waals surface area contributed by atoms with Gasteiger partial charge in [0.1, 0.15) is 0 Å². The Bertz CT molecular complexity index is 251. The minimum absolute atomic E-state index is 0.276. The Morgan fingerprint density at radius 1 is 1.43 bits per heavy atom. The van der Waals surface area contributed by atoms with E-state index < -0.39 is 0 Å². The number of nitrogens with two attached hydrogens (primary N) is 1. The predicted octanol–water partition coefficient (Wildman–Crippen LogP) is 0.367. The van der Waals surface area contributed by atoms with E-state index in [2.05, 4.69) is 15.5 Å². The average Bonchev–Trinajstić information content (AvgIpc) is 2.65. The predicted molar refractivity (Wildman–Crippen MR) is 51.8 cm³/mol. The number of unbranched alkanes of at least 4 members (excludes halogenated alkanes) is 1. The van der Waals surface area contributed by atoms with Crippen molar-refractivity contribution in [1.29, 1.82) is 0 Å². The molecule has 0 fully saturated rings. The highest BCUT2D eigenvalue weighted by Gasteiger charge is 2.01. The van der Waals surface area contributed by atoms with E-state index in [0.717, 1.165) is 26.0 Å². The highest BCUT2D eigenvalue weighted by molar-refractivity contribution is 5.16. The van der Waals surface area contributed by atoms with Crippen molar-refractivity contribution in [3.8, 4) is 0 Å². The SMILES string of the molecule is COCCCCNc1nnc(CN)o1. The van der Waals surface area contributed by atoms with Gasteiger partial charge < -0.3 is 20.2 Å². The summed E-state index contributed by atoms with van der Waals surface area (Å²) in [4.78, 5) is 0. The first-order chi connectivity index (χ1) is 6.86. The Kier molecular flexibility index (Phi) is 4.95. The third-order valence-electron chi connectivity index (χ3n) is 1.69. The molecule has 6 nitrogen and oxygen atoms in total. The van der Waals surface area contributed by atoms with Crippen molar-refractivity contribution in [1.82, 2.24) is 10.2 Å². The summed E-state index contributed by atoms with van der Waals surface area (Å²) in [6, 6.07) is 0.433. The Labute approximate surface area is 82.8 Å². The fourth-order valence-electron chi connectivity index (χ4n) is 0.974. The van der Waals surface area contributed by atoms with Gasteiger partial charge in [0, 0.05) is 20.3 Å². The number of hydrogen-bond donors (Lipinski definition) is 2. The first-order valence-electron chi connectivity index (χ1n) is 4.62. The second kappa shape index (κ2) is 6.33. The molecule has 0 saturated carbocycles. The first kappa shape index (κ1) is 10.9. The number of nitrogens with one attached hydrogen (secondary N) is 1. The van der Waals surface area contributed by atoms with Gasteiger partial charge in [0.25, 0.3) is 0 Å². The number of hydrogen-bond acceptors (Lipinski definition) is 6. The van der Waals surface area contributed by atoms with E-state index in [1.807, 2.05) is 0 Å². The van der Waals surface area contributed by atoms with Crippen LogP contribution in [0.15, 0.2) is 4.42 Å². The van der Waals surface area contributed by atoms with E-state index in [1.54, 1.807) is 7.11 Å². The maximum atomic E-state index is 5.32. The van der Waals surface area contributed by atoms with Crippen LogP contribution >= 0.6 is 0 Å². The highest BCUT2D eigenvalue weighted by Crippen LogP contribution is 2.04. The van der Waals surface area contributed by atoms with Crippen molar-refractivity contribution in [2.75, 3.05) is 25.6 Å². The van der Waals surface area contributed by atoms with Gasteiger partial charge in [-0.25, -0.2) is 0 Å². The molecule has 80 valence electrons. The standard InChI is InChI=1S/C8H16N4O2/c1-13-5-3-2-4-10-8-12-11-7(6-9)14-8/h2-6,9H2,1H3,(H,10,12). The molecule has 1 aromatic rings. The zero-order chi connectivity index (χ0) is 10.2. The lowest BCUT2D eigenvalue weighted by molar-refractivity contribution is 0.193. The van der Waals surface area contributed by atoms with Gasteiger partial charge in [-0.05, 0) is 12.8 Å². The molecule has 1 aromatic heterocycles. The van der Waals surface area contributed by atoms with Crippen LogP contribution in [0.5, 0.6) is 0 Å². The first-order valence-corrected chi connectivity index (χ1v) is 4.62.